The molecule has 0 rings (SSSR count). The second kappa shape index (κ2) is 4.78. The fraction of sp³-hybridized carbons (Fsp3) is 0.833. The number of hydrogen-bond acceptors (Lipinski definition) is 2. The van der Waals surface area contributed by atoms with E-state index in [2.05, 4.69) is 0 Å². The van der Waals surface area contributed by atoms with Crippen molar-refractivity contribution in [2.45, 2.75) is 26.4 Å². The number of hydrogen-bond donors (Lipinski definition) is 0. The molecular weight excluding hydrogens is 104 g/mol. The Bertz CT molecular complexity index is 61.5. The summed E-state index contributed by atoms with van der Waals surface area (Å²) in [5.74, 6) is 0. The van der Waals surface area contributed by atoms with Crippen LogP contribution in [-0.4, -0.2) is 19.0 Å². The van der Waals surface area contributed by atoms with Crippen molar-refractivity contribution in [3.8, 4) is 0 Å². The van der Waals surface area contributed by atoms with Crippen molar-refractivity contribution in [3.05, 3.63) is 0 Å². The molecule has 47 valence electrons. The van der Waals surface area contributed by atoms with Crippen molar-refractivity contribution in [1.82, 2.24) is 0 Å². The van der Waals surface area contributed by atoms with Crippen LogP contribution >= 0.6 is 0 Å². The van der Waals surface area contributed by atoms with Crippen LogP contribution in [-0.2, 0) is 9.53 Å². The third-order valence-electron chi connectivity index (χ3n) is 0.738. The Balaban J connectivity index is 2.98. The number of ether oxygens (including phenoxy) is 1. The molecule has 2 heteroatoms. The summed E-state index contributed by atoms with van der Waals surface area (Å²) < 4.78 is 4.92. The van der Waals surface area contributed by atoms with Gasteiger partial charge in [0.1, 0.15) is 6.10 Å². The maximum atomic E-state index is 9.76. The van der Waals surface area contributed by atoms with Crippen LogP contribution in [0.3, 0.4) is 0 Å². The van der Waals surface area contributed by atoms with Gasteiger partial charge in [0, 0.05) is 6.61 Å². The Morgan fingerprint density at radius 2 is 2.38 bits per heavy atom. The van der Waals surface area contributed by atoms with E-state index in [1.807, 2.05) is 6.92 Å². The van der Waals surface area contributed by atoms with E-state index in [4.69, 9.17) is 4.74 Å². The van der Waals surface area contributed by atoms with Crippen LogP contribution in [0.25, 0.3) is 0 Å². The van der Waals surface area contributed by atoms with E-state index in [0.29, 0.717) is 6.61 Å². The predicted octanol–water partition coefficient (Wildman–Crippen LogP) is 0.911. The van der Waals surface area contributed by atoms with Gasteiger partial charge in [-0.15, -0.1) is 0 Å². The maximum absolute atomic E-state index is 9.76. The van der Waals surface area contributed by atoms with Gasteiger partial charge in [0.25, 0.3) is 0 Å². The van der Waals surface area contributed by atoms with Gasteiger partial charge in [-0.05, 0) is 13.3 Å². The minimum absolute atomic E-state index is 0.352. The zero-order valence-electron chi connectivity index (χ0n) is 5.31. The van der Waals surface area contributed by atoms with Crippen molar-refractivity contribution in [1.29, 1.82) is 0 Å². The molecule has 0 aromatic heterocycles. The van der Waals surface area contributed by atoms with E-state index in [1.54, 1.807) is 13.2 Å². The van der Waals surface area contributed by atoms with Gasteiger partial charge in [-0.3, -0.25) is 4.79 Å². The lowest BCUT2D eigenvalue weighted by molar-refractivity contribution is 0.108. The van der Waals surface area contributed by atoms with Crippen LogP contribution < -0.4 is 0 Å². The summed E-state index contributed by atoms with van der Waals surface area (Å²) in [6.45, 7) is 4.33. The highest BCUT2D eigenvalue weighted by Crippen LogP contribution is 1.86. The minimum Gasteiger partial charge on any atom is -0.370 e. The molecule has 0 fully saturated rings. The summed E-state index contributed by atoms with van der Waals surface area (Å²) in [5.41, 5.74) is 0. The van der Waals surface area contributed by atoms with Crippen molar-refractivity contribution in [3.63, 3.8) is 0 Å². The van der Waals surface area contributed by atoms with Gasteiger partial charge in [0.15, 0.2) is 0 Å². The Hall–Kier alpha value is -0.370. The van der Waals surface area contributed by atoms with Crippen molar-refractivity contribution in [2.24, 2.45) is 0 Å². The van der Waals surface area contributed by atoms with Crippen molar-refractivity contribution >= 4 is 6.29 Å². The van der Waals surface area contributed by atoms with Crippen LogP contribution in [0.15, 0.2) is 0 Å². The molecule has 2 nitrogen and oxygen atoms in total. The fourth-order valence-electron chi connectivity index (χ4n) is 0.329. The molecule has 1 unspecified atom stereocenters. The van der Waals surface area contributed by atoms with E-state index in [0.717, 1.165) is 6.42 Å². The Morgan fingerprint density at radius 3 is 2.75 bits per heavy atom. The monoisotopic (exact) mass is 115 g/mol. The summed E-state index contributed by atoms with van der Waals surface area (Å²) in [5, 5.41) is 0. The van der Waals surface area contributed by atoms with E-state index in [9.17, 15) is 4.79 Å². The molecule has 0 amide bonds. The summed E-state index contributed by atoms with van der Waals surface area (Å²) >= 11 is 0. The van der Waals surface area contributed by atoms with Crippen LogP contribution in [0.4, 0.5) is 0 Å². The second-order valence-electron chi connectivity index (χ2n) is 1.63. The Morgan fingerprint density at radius 1 is 1.75 bits per heavy atom. The van der Waals surface area contributed by atoms with Gasteiger partial charge in [0.2, 0.25) is 6.29 Å². The van der Waals surface area contributed by atoms with Gasteiger partial charge in [0.05, 0.1) is 0 Å². The third-order valence-corrected chi connectivity index (χ3v) is 0.738. The van der Waals surface area contributed by atoms with Crippen molar-refractivity contribution in [2.75, 3.05) is 6.61 Å². The third kappa shape index (κ3) is 3.81. The van der Waals surface area contributed by atoms with Gasteiger partial charge >= 0.3 is 0 Å². The lowest BCUT2D eigenvalue weighted by Crippen LogP contribution is -2.09. The first-order chi connectivity index (χ1) is 3.81. The first kappa shape index (κ1) is 7.63. The normalized spacial score (nSPS) is 13.2. The first-order valence-electron chi connectivity index (χ1n) is 2.80. The molecule has 0 saturated heterocycles. The molecule has 1 radical (unpaired) electrons. The van der Waals surface area contributed by atoms with Crippen LogP contribution in [0.2, 0.25) is 0 Å². The Kier molecular flexibility index (Phi) is 4.56. The average Bonchev–Trinajstić information content (AvgIpc) is 1.83. The number of rotatable bonds is 4. The SMILES string of the molecule is CCCOC(C)[C]=O. The highest BCUT2D eigenvalue weighted by Gasteiger charge is 1.96. The highest BCUT2D eigenvalue weighted by atomic mass is 16.5. The van der Waals surface area contributed by atoms with Crippen LogP contribution in [0, 0.1) is 0 Å². The second-order valence-corrected chi connectivity index (χ2v) is 1.63. The predicted molar refractivity (Wildman–Crippen MR) is 31.4 cm³/mol. The molecule has 0 heterocycles. The molecule has 8 heavy (non-hydrogen) atoms. The van der Waals surface area contributed by atoms with Crippen LogP contribution in [0.5, 0.6) is 0 Å². The molecule has 1 atom stereocenters. The quantitative estimate of drug-likeness (QED) is 0.544. The molecule has 0 aliphatic rings. The first-order valence-corrected chi connectivity index (χ1v) is 2.80. The topological polar surface area (TPSA) is 26.3 Å². The zero-order chi connectivity index (χ0) is 6.41. The largest absolute Gasteiger partial charge is 0.370 e. The van der Waals surface area contributed by atoms with Gasteiger partial charge in [-0.25, -0.2) is 0 Å². The summed E-state index contributed by atoms with van der Waals surface area (Å²) in [7, 11) is 0. The van der Waals surface area contributed by atoms with Crippen LogP contribution in [0.1, 0.15) is 20.3 Å². The lowest BCUT2D eigenvalue weighted by Gasteiger charge is -2.00. The lowest BCUT2D eigenvalue weighted by atomic mass is 10.4. The summed E-state index contributed by atoms with van der Waals surface area (Å²) in [4.78, 5) is 9.76. The van der Waals surface area contributed by atoms with Gasteiger partial charge in [-0.1, -0.05) is 6.92 Å². The molecule has 0 aromatic carbocycles. The summed E-state index contributed by atoms with van der Waals surface area (Å²) in [6, 6.07) is 0. The molecule has 0 spiro atoms. The molecule has 0 saturated carbocycles. The average molecular weight is 115 g/mol. The van der Waals surface area contributed by atoms with E-state index < -0.39 is 0 Å². The Labute approximate surface area is 49.8 Å². The van der Waals surface area contributed by atoms with Crippen molar-refractivity contribution < 1.29 is 9.53 Å². The summed E-state index contributed by atoms with van der Waals surface area (Å²) in [6.07, 6.45) is 2.33. The molecule has 0 N–H and O–H groups in total. The van der Waals surface area contributed by atoms with Gasteiger partial charge in [-0.2, -0.15) is 0 Å². The maximum Gasteiger partial charge on any atom is 0.229 e. The highest BCUT2D eigenvalue weighted by molar-refractivity contribution is 5.56. The molecule has 0 aliphatic carbocycles. The van der Waals surface area contributed by atoms with Gasteiger partial charge < -0.3 is 4.74 Å². The fourth-order valence-corrected chi connectivity index (χ4v) is 0.329. The standard InChI is InChI=1S/C6H11O2/c1-3-4-8-6(2)5-7/h6H,3-4H2,1-2H3. The number of carbonyl (C=O) groups excluding carboxylic acids is 1. The van der Waals surface area contributed by atoms with E-state index in [-0.39, 0.29) is 6.10 Å². The molecular formula is C6H11O2. The molecule has 0 bridgehead atoms. The zero-order valence-corrected chi connectivity index (χ0v) is 5.31. The minimum atomic E-state index is -0.352. The van der Waals surface area contributed by atoms with E-state index >= 15 is 0 Å². The molecule has 0 aliphatic heterocycles. The smallest absolute Gasteiger partial charge is 0.229 e. The molecule has 0 aromatic rings. The van der Waals surface area contributed by atoms with E-state index in [1.165, 1.54) is 0 Å².